The number of hydrogen-bond acceptors (Lipinski definition) is 8. The second kappa shape index (κ2) is 8.91. The Hall–Kier alpha value is -1.82. The molecule has 1 unspecified atom stereocenters. The lowest BCUT2D eigenvalue weighted by Gasteiger charge is -2.44. The maximum Gasteiger partial charge on any atom is 0.265 e. The van der Waals surface area contributed by atoms with Crippen molar-refractivity contribution >= 4 is 17.7 Å². The molecule has 2 heterocycles. The van der Waals surface area contributed by atoms with Crippen LogP contribution in [-0.4, -0.2) is 59.7 Å². The van der Waals surface area contributed by atoms with Gasteiger partial charge in [-0.2, -0.15) is 9.64 Å². The molecule has 0 radical (unpaired) electrons. The van der Waals surface area contributed by atoms with Gasteiger partial charge >= 0.3 is 0 Å². The van der Waals surface area contributed by atoms with E-state index < -0.39 is 42.7 Å². The predicted octanol–water partition coefficient (Wildman–Crippen LogP) is 0.430. The van der Waals surface area contributed by atoms with Crippen molar-refractivity contribution in [3.05, 3.63) is 35.9 Å². The average molecular weight is 400 g/mol. The standard InChI is InChI=1S/C16H22ClN5O5/c1-19-21-22(17)11-12(23)14(15(24)20-18)26-10-7-8-25-16(27-13(10)11)9-5-3-2-4-6-9/h2-6,10-14,16,23H,7-8,18H2,1H3,(H,20,24)/t10-,11-,12-,13+,14-,16?/m1/s1. The van der Waals surface area contributed by atoms with Crippen LogP contribution in [0.4, 0.5) is 0 Å². The smallest absolute Gasteiger partial charge is 0.265 e. The van der Waals surface area contributed by atoms with E-state index in [9.17, 15) is 9.90 Å². The number of carbonyl (C=O) groups is 1. The van der Waals surface area contributed by atoms with E-state index in [1.807, 2.05) is 35.8 Å². The summed E-state index contributed by atoms with van der Waals surface area (Å²) in [5.74, 6) is 4.54. The topological polar surface area (TPSA) is 131 Å². The number of nitrogens with one attached hydrogen (secondary N) is 1. The molecule has 2 aliphatic heterocycles. The van der Waals surface area contributed by atoms with Gasteiger partial charge in [-0.1, -0.05) is 35.6 Å². The van der Waals surface area contributed by atoms with E-state index >= 15 is 0 Å². The minimum atomic E-state index is -1.35. The second-order valence-electron chi connectivity index (χ2n) is 6.17. The summed E-state index contributed by atoms with van der Waals surface area (Å²) in [4.78, 5) is 12.0. The number of carbonyl (C=O) groups excluding carboxylic acids is 1. The molecule has 2 saturated heterocycles. The molecule has 11 heteroatoms. The Morgan fingerprint density at radius 2 is 2.11 bits per heavy atom. The molecule has 3 rings (SSSR count). The van der Waals surface area contributed by atoms with E-state index in [4.69, 9.17) is 31.8 Å². The van der Waals surface area contributed by atoms with Crippen molar-refractivity contribution in [3.63, 3.8) is 0 Å². The Morgan fingerprint density at radius 3 is 2.78 bits per heavy atom. The molecule has 1 aromatic rings. The van der Waals surface area contributed by atoms with Crippen LogP contribution in [0.5, 0.6) is 0 Å². The van der Waals surface area contributed by atoms with Gasteiger partial charge in [-0.3, -0.25) is 10.2 Å². The molecule has 0 spiro atoms. The average Bonchev–Trinajstić information content (AvgIpc) is 2.90. The summed E-state index contributed by atoms with van der Waals surface area (Å²) in [6.07, 6.45) is -4.12. The summed E-state index contributed by atoms with van der Waals surface area (Å²) >= 11 is 6.21. The number of aliphatic hydroxyl groups excluding tert-OH is 1. The highest BCUT2D eigenvalue weighted by atomic mass is 35.5. The SMILES string of the molecule is CN=NN(Cl)[C@@H]1[C@@H](O)[C@H](C(=O)NN)O[C@@H]2CCOC(c3ccccc3)O[C@H]12. The highest BCUT2D eigenvalue weighted by Gasteiger charge is 2.52. The third-order valence-electron chi connectivity index (χ3n) is 4.53. The maximum atomic E-state index is 12.0. The predicted molar refractivity (Wildman–Crippen MR) is 93.9 cm³/mol. The van der Waals surface area contributed by atoms with Crippen LogP contribution in [-0.2, 0) is 19.0 Å². The van der Waals surface area contributed by atoms with E-state index in [1.54, 1.807) is 0 Å². The summed E-state index contributed by atoms with van der Waals surface area (Å²) in [6, 6.07) is 8.45. The summed E-state index contributed by atoms with van der Waals surface area (Å²) in [6.45, 7) is 0.331. The molecule has 0 aliphatic carbocycles. The summed E-state index contributed by atoms with van der Waals surface area (Å²) in [5.41, 5.74) is 2.80. The lowest BCUT2D eigenvalue weighted by Crippen LogP contribution is -2.65. The van der Waals surface area contributed by atoms with Crippen molar-refractivity contribution in [3.8, 4) is 0 Å². The van der Waals surface area contributed by atoms with Crippen LogP contribution < -0.4 is 11.3 Å². The van der Waals surface area contributed by atoms with Crippen LogP contribution in [0.25, 0.3) is 0 Å². The molecule has 2 aliphatic rings. The number of ether oxygens (including phenoxy) is 3. The minimum Gasteiger partial charge on any atom is -0.387 e. The number of amides is 1. The Balaban J connectivity index is 1.91. The van der Waals surface area contributed by atoms with Crippen LogP contribution in [0, 0.1) is 0 Å². The lowest BCUT2D eigenvalue weighted by atomic mass is 9.91. The normalized spacial score (nSPS) is 33.9. The fourth-order valence-corrected chi connectivity index (χ4v) is 3.58. The zero-order valence-electron chi connectivity index (χ0n) is 14.6. The molecular weight excluding hydrogens is 378 g/mol. The van der Waals surface area contributed by atoms with E-state index in [0.29, 0.717) is 13.0 Å². The fraction of sp³-hybridized carbons (Fsp3) is 0.562. The zero-order valence-corrected chi connectivity index (χ0v) is 15.4. The largest absolute Gasteiger partial charge is 0.387 e. The molecule has 0 saturated carbocycles. The van der Waals surface area contributed by atoms with Crippen LogP contribution in [0.1, 0.15) is 18.3 Å². The van der Waals surface area contributed by atoms with E-state index in [2.05, 4.69) is 10.3 Å². The van der Waals surface area contributed by atoms with Gasteiger partial charge in [0, 0.05) is 17.3 Å². The number of rotatable bonds is 4. The van der Waals surface area contributed by atoms with Gasteiger partial charge in [0.1, 0.15) is 18.2 Å². The molecule has 4 N–H and O–H groups in total. The summed E-state index contributed by atoms with van der Waals surface area (Å²) < 4.78 is 18.6. The van der Waals surface area contributed by atoms with Gasteiger partial charge in [0.25, 0.3) is 5.91 Å². The van der Waals surface area contributed by atoms with Crippen LogP contribution >= 0.6 is 11.8 Å². The van der Waals surface area contributed by atoms with Crippen molar-refractivity contribution in [2.45, 2.75) is 43.2 Å². The molecule has 1 amide bonds. The Labute approximate surface area is 161 Å². The third kappa shape index (κ3) is 4.21. The van der Waals surface area contributed by atoms with Crippen molar-refractivity contribution in [2.75, 3.05) is 13.7 Å². The molecule has 2 fully saturated rings. The van der Waals surface area contributed by atoms with E-state index in [1.165, 1.54) is 7.05 Å². The van der Waals surface area contributed by atoms with Gasteiger partial charge < -0.3 is 19.3 Å². The molecule has 10 nitrogen and oxygen atoms in total. The number of nitrogens with two attached hydrogens (primary N) is 1. The summed E-state index contributed by atoms with van der Waals surface area (Å²) in [5, 5.41) is 18.1. The van der Waals surface area contributed by atoms with Crippen LogP contribution in [0.2, 0.25) is 0 Å². The van der Waals surface area contributed by atoms with E-state index in [-0.39, 0.29) is 0 Å². The number of nitrogens with zero attached hydrogens (tertiary/aromatic N) is 3. The van der Waals surface area contributed by atoms with Gasteiger partial charge in [0.15, 0.2) is 12.4 Å². The molecular formula is C16H22ClN5O5. The molecule has 0 bridgehead atoms. The monoisotopic (exact) mass is 399 g/mol. The number of aliphatic hydroxyl groups is 1. The van der Waals surface area contributed by atoms with Crippen molar-refractivity contribution in [1.82, 2.24) is 9.95 Å². The number of hydrogen-bond donors (Lipinski definition) is 3. The molecule has 6 atom stereocenters. The number of hydrazine groups is 1. The van der Waals surface area contributed by atoms with Crippen molar-refractivity contribution in [1.29, 1.82) is 0 Å². The van der Waals surface area contributed by atoms with Crippen molar-refractivity contribution in [2.24, 2.45) is 16.2 Å². The highest BCUT2D eigenvalue weighted by molar-refractivity contribution is 6.13. The first-order valence-electron chi connectivity index (χ1n) is 8.47. The second-order valence-corrected chi connectivity index (χ2v) is 6.51. The Kier molecular flexibility index (Phi) is 6.58. The third-order valence-corrected chi connectivity index (χ3v) is 4.82. The number of fused-ring (bicyclic) bond motifs is 1. The molecule has 1 aromatic carbocycles. The molecule has 0 aromatic heterocycles. The van der Waals surface area contributed by atoms with Crippen LogP contribution in [0.15, 0.2) is 40.7 Å². The van der Waals surface area contributed by atoms with Crippen LogP contribution in [0.3, 0.4) is 0 Å². The summed E-state index contributed by atoms with van der Waals surface area (Å²) in [7, 11) is 1.44. The minimum absolute atomic E-state index is 0.331. The first-order valence-corrected chi connectivity index (χ1v) is 8.81. The number of benzene rings is 1. The first-order chi connectivity index (χ1) is 13.1. The first kappa shape index (κ1) is 19.9. The zero-order chi connectivity index (χ0) is 19.4. The lowest BCUT2D eigenvalue weighted by molar-refractivity contribution is -0.238. The Morgan fingerprint density at radius 1 is 1.37 bits per heavy atom. The highest BCUT2D eigenvalue weighted by Crippen LogP contribution is 2.36. The van der Waals surface area contributed by atoms with E-state index in [0.717, 1.165) is 10.1 Å². The Bertz CT molecular complexity index is 666. The quantitative estimate of drug-likeness (QED) is 0.220. The molecule has 148 valence electrons. The molecule has 27 heavy (non-hydrogen) atoms. The maximum absolute atomic E-state index is 12.0. The van der Waals surface area contributed by atoms with Gasteiger partial charge in [-0.25, -0.2) is 5.84 Å². The van der Waals surface area contributed by atoms with Gasteiger partial charge in [-0.05, 0) is 6.42 Å². The number of halogens is 1. The fourth-order valence-electron chi connectivity index (χ4n) is 3.29. The van der Waals surface area contributed by atoms with Gasteiger partial charge in [0.05, 0.1) is 19.8 Å². The van der Waals surface area contributed by atoms with Gasteiger partial charge in [-0.15, -0.1) is 0 Å². The van der Waals surface area contributed by atoms with Gasteiger partial charge in [0.2, 0.25) is 0 Å². The van der Waals surface area contributed by atoms with Crippen molar-refractivity contribution < 1.29 is 24.1 Å².